The van der Waals surface area contributed by atoms with Gasteiger partial charge in [0.1, 0.15) is 6.04 Å². The van der Waals surface area contributed by atoms with Crippen LogP contribution in [0.4, 0.5) is 4.79 Å². The Hall–Kier alpha value is -2.32. The Bertz CT molecular complexity index is 370. The van der Waals surface area contributed by atoms with Gasteiger partial charge in [-0.3, -0.25) is 9.59 Å². The molecule has 0 radical (unpaired) electrons. The summed E-state index contributed by atoms with van der Waals surface area (Å²) in [5.74, 6) is -3.15. The Balaban J connectivity index is 3.94. The fourth-order valence-corrected chi connectivity index (χ4v) is 1.25. The maximum atomic E-state index is 11.3. The van der Waals surface area contributed by atoms with Crippen LogP contribution in [0.5, 0.6) is 0 Å². The molecule has 114 valence electrons. The van der Waals surface area contributed by atoms with Crippen molar-refractivity contribution < 1.29 is 34.1 Å². The zero-order valence-electron chi connectivity index (χ0n) is 11.0. The lowest BCUT2D eigenvalue weighted by molar-refractivity contribution is -0.145. The van der Waals surface area contributed by atoms with E-state index >= 15 is 0 Å². The van der Waals surface area contributed by atoms with Crippen LogP contribution in [0.1, 0.15) is 26.2 Å². The summed E-state index contributed by atoms with van der Waals surface area (Å²) in [6.45, 7) is 2.10. The third-order valence-electron chi connectivity index (χ3n) is 2.13. The molecule has 0 heterocycles. The predicted octanol–water partition coefficient (Wildman–Crippen LogP) is -0.443. The molecule has 20 heavy (non-hydrogen) atoms. The van der Waals surface area contributed by atoms with Gasteiger partial charge < -0.3 is 25.6 Å². The lowest BCUT2D eigenvalue weighted by Gasteiger charge is -2.13. The third kappa shape index (κ3) is 8.72. The van der Waals surface area contributed by atoms with Crippen LogP contribution in [0.2, 0.25) is 0 Å². The van der Waals surface area contributed by atoms with Crippen LogP contribution in [0.25, 0.3) is 0 Å². The average Bonchev–Trinajstić information content (AvgIpc) is 2.33. The molecule has 0 saturated heterocycles. The first-order valence-electron chi connectivity index (χ1n) is 6.01. The van der Waals surface area contributed by atoms with Gasteiger partial charge in [0.25, 0.3) is 0 Å². The van der Waals surface area contributed by atoms with Gasteiger partial charge in [-0.05, 0) is 13.3 Å². The predicted molar refractivity (Wildman–Crippen MR) is 66.1 cm³/mol. The number of aliphatic carboxylic acids is 2. The van der Waals surface area contributed by atoms with E-state index in [0.717, 1.165) is 0 Å². The van der Waals surface area contributed by atoms with Gasteiger partial charge in [-0.15, -0.1) is 0 Å². The van der Waals surface area contributed by atoms with Crippen molar-refractivity contribution in [3.8, 4) is 0 Å². The summed E-state index contributed by atoms with van der Waals surface area (Å²) in [4.78, 5) is 43.4. The summed E-state index contributed by atoms with van der Waals surface area (Å²) in [6, 6.07) is -2.31. The second-order valence-corrected chi connectivity index (χ2v) is 3.80. The Morgan fingerprint density at radius 2 is 1.85 bits per heavy atom. The first kappa shape index (κ1) is 17.7. The van der Waals surface area contributed by atoms with Crippen molar-refractivity contribution in [3.05, 3.63) is 0 Å². The molecular weight excluding hydrogens is 272 g/mol. The van der Waals surface area contributed by atoms with Crippen LogP contribution in [0.15, 0.2) is 0 Å². The minimum atomic E-state index is -1.50. The van der Waals surface area contributed by atoms with E-state index in [2.05, 4.69) is 10.1 Å². The molecule has 0 aliphatic carbocycles. The zero-order chi connectivity index (χ0) is 15.5. The van der Waals surface area contributed by atoms with Gasteiger partial charge in [0, 0.05) is 13.0 Å². The fraction of sp³-hybridized carbons (Fsp3) is 0.636. The van der Waals surface area contributed by atoms with Gasteiger partial charge >= 0.3 is 23.9 Å². The number of urea groups is 1. The Labute approximate surface area is 115 Å². The van der Waals surface area contributed by atoms with E-state index in [1.54, 1.807) is 6.92 Å². The van der Waals surface area contributed by atoms with Crippen LogP contribution < -0.4 is 10.6 Å². The molecule has 0 aliphatic heterocycles. The van der Waals surface area contributed by atoms with Crippen molar-refractivity contribution >= 4 is 23.9 Å². The summed E-state index contributed by atoms with van der Waals surface area (Å²) < 4.78 is 4.68. The Kier molecular flexibility index (Phi) is 8.48. The first-order valence-corrected chi connectivity index (χ1v) is 6.01. The number of carbonyl (C=O) groups is 4. The molecular formula is C11H18N2O7. The van der Waals surface area contributed by atoms with Crippen molar-refractivity contribution in [2.75, 3.05) is 13.2 Å². The minimum absolute atomic E-state index is 0.131. The number of rotatable bonds is 9. The smallest absolute Gasteiger partial charge is 0.326 e. The highest BCUT2D eigenvalue weighted by Gasteiger charge is 2.22. The standard InChI is InChI=1S/C11H18N2O7/c1-2-20-9(16)4-3-5-12-11(19)13-7(10(17)18)6-8(14)15/h7H,2-6H2,1H3,(H,14,15)(H,17,18)(H2,12,13,19)/t7-/m1/s1. The fourth-order valence-electron chi connectivity index (χ4n) is 1.25. The summed E-state index contributed by atoms with van der Waals surface area (Å²) >= 11 is 0. The molecule has 0 rings (SSSR count). The largest absolute Gasteiger partial charge is 0.481 e. The van der Waals surface area contributed by atoms with Crippen LogP contribution in [-0.2, 0) is 19.1 Å². The van der Waals surface area contributed by atoms with Gasteiger partial charge in [-0.25, -0.2) is 9.59 Å². The van der Waals surface area contributed by atoms with Crippen molar-refractivity contribution in [3.63, 3.8) is 0 Å². The number of ether oxygens (including phenoxy) is 1. The summed E-state index contributed by atoms with van der Waals surface area (Å²) in [5.41, 5.74) is 0. The number of amides is 2. The van der Waals surface area contributed by atoms with Crippen molar-refractivity contribution in [1.82, 2.24) is 10.6 Å². The Morgan fingerprint density at radius 3 is 2.35 bits per heavy atom. The highest BCUT2D eigenvalue weighted by molar-refractivity contribution is 5.86. The van der Waals surface area contributed by atoms with E-state index in [1.807, 2.05) is 5.32 Å². The Morgan fingerprint density at radius 1 is 1.20 bits per heavy atom. The summed E-state index contributed by atoms with van der Waals surface area (Å²) in [6.07, 6.45) is -0.250. The quantitative estimate of drug-likeness (QED) is 0.333. The number of hydrogen-bond acceptors (Lipinski definition) is 5. The van der Waals surface area contributed by atoms with Gasteiger partial charge in [0.15, 0.2) is 0 Å². The number of carbonyl (C=O) groups excluding carboxylic acids is 2. The molecule has 0 unspecified atom stereocenters. The maximum Gasteiger partial charge on any atom is 0.326 e. The number of hydrogen-bond donors (Lipinski definition) is 4. The van der Waals surface area contributed by atoms with E-state index in [1.165, 1.54) is 0 Å². The second-order valence-electron chi connectivity index (χ2n) is 3.80. The van der Waals surface area contributed by atoms with Crippen molar-refractivity contribution in [2.45, 2.75) is 32.2 Å². The van der Waals surface area contributed by atoms with E-state index in [4.69, 9.17) is 10.2 Å². The molecule has 9 heteroatoms. The molecule has 0 bridgehead atoms. The van der Waals surface area contributed by atoms with Crippen LogP contribution in [0, 0.1) is 0 Å². The highest BCUT2D eigenvalue weighted by Crippen LogP contribution is 1.94. The molecule has 0 aromatic rings. The molecule has 1 atom stereocenters. The molecule has 0 aromatic carbocycles. The molecule has 0 saturated carbocycles. The highest BCUT2D eigenvalue weighted by atomic mass is 16.5. The lowest BCUT2D eigenvalue weighted by Crippen LogP contribution is -2.47. The third-order valence-corrected chi connectivity index (χ3v) is 2.13. The van der Waals surface area contributed by atoms with Crippen molar-refractivity contribution in [2.24, 2.45) is 0 Å². The minimum Gasteiger partial charge on any atom is -0.481 e. The number of nitrogens with one attached hydrogen (secondary N) is 2. The number of carboxylic acids is 2. The van der Waals surface area contributed by atoms with E-state index < -0.39 is 30.4 Å². The van der Waals surface area contributed by atoms with E-state index in [0.29, 0.717) is 6.42 Å². The SMILES string of the molecule is CCOC(=O)CCCNC(=O)N[C@H](CC(=O)O)C(=O)O. The average molecular weight is 290 g/mol. The van der Waals surface area contributed by atoms with Crippen LogP contribution in [-0.4, -0.2) is 53.3 Å². The topological polar surface area (TPSA) is 142 Å². The van der Waals surface area contributed by atoms with Gasteiger partial charge in [-0.1, -0.05) is 0 Å². The number of esters is 1. The van der Waals surface area contributed by atoms with E-state index in [-0.39, 0.29) is 25.5 Å². The summed E-state index contributed by atoms with van der Waals surface area (Å²) in [5, 5.41) is 21.5. The molecule has 0 aliphatic rings. The lowest BCUT2D eigenvalue weighted by atomic mass is 10.2. The normalized spacial score (nSPS) is 11.2. The molecule has 2 amide bonds. The molecule has 9 nitrogen and oxygen atoms in total. The van der Waals surface area contributed by atoms with Gasteiger partial charge in [0.2, 0.25) is 0 Å². The molecule has 0 fully saturated rings. The first-order chi connectivity index (χ1) is 9.36. The number of carboxylic acid groups (broad SMARTS) is 2. The van der Waals surface area contributed by atoms with Crippen molar-refractivity contribution in [1.29, 1.82) is 0 Å². The van der Waals surface area contributed by atoms with Crippen LogP contribution >= 0.6 is 0 Å². The van der Waals surface area contributed by atoms with Gasteiger partial charge in [-0.2, -0.15) is 0 Å². The van der Waals surface area contributed by atoms with Crippen LogP contribution in [0.3, 0.4) is 0 Å². The maximum absolute atomic E-state index is 11.3. The molecule has 0 spiro atoms. The molecule has 4 N–H and O–H groups in total. The zero-order valence-corrected chi connectivity index (χ0v) is 11.0. The van der Waals surface area contributed by atoms with Gasteiger partial charge in [0.05, 0.1) is 13.0 Å². The second kappa shape index (κ2) is 9.59. The summed E-state index contributed by atoms with van der Waals surface area (Å²) in [7, 11) is 0. The molecule has 0 aromatic heterocycles. The van der Waals surface area contributed by atoms with E-state index in [9.17, 15) is 19.2 Å². The monoisotopic (exact) mass is 290 g/mol.